The average Bonchev–Trinajstić information content (AvgIpc) is 2.27. The number of hydrogen-bond acceptors (Lipinski definition) is 4. The first-order chi connectivity index (χ1) is 8.66. The second kappa shape index (κ2) is 5.54. The van der Waals surface area contributed by atoms with Gasteiger partial charge < -0.3 is 10.4 Å². The normalized spacial score (nSPS) is 12.9. The van der Waals surface area contributed by atoms with Crippen LogP contribution < -0.4 is 5.32 Å². The third-order valence-corrected chi connectivity index (χ3v) is 3.21. The molecule has 19 heavy (non-hydrogen) atoms. The summed E-state index contributed by atoms with van der Waals surface area (Å²) in [6.07, 6.45) is -0.821. The molecular formula is C12H15ClN2O4. The monoisotopic (exact) mass is 286 g/mol. The van der Waals surface area contributed by atoms with Gasteiger partial charge >= 0.3 is 0 Å². The number of rotatable bonds is 4. The van der Waals surface area contributed by atoms with Crippen LogP contribution in [0.4, 0.5) is 5.69 Å². The molecule has 1 amide bonds. The van der Waals surface area contributed by atoms with Gasteiger partial charge in [-0.25, -0.2) is 0 Å². The topological polar surface area (TPSA) is 92.5 Å². The van der Waals surface area contributed by atoms with E-state index in [2.05, 4.69) is 5.32 Å². The molecule has 7 heteroatoms. The van der Waals surface area contributed by atoms with Crippen molar-refractivity contribution in [2.75, 3.05) is 0 Å². The quantitative estimate of drug-likeness (QED) is 0.655. The minimum absolute atomic E-state index is 0.00640. The molecule has 0 saturated heterocycles. The first kappa shape index (κ1) is 15.4. The number of nitrogens with one attached hydrogen (secondary N) is 1. The van der Waals surface area contributed by atoms with Gasteiger partial charge in [-0.1, -0.05) is 17.7 Å². The molecule has 0 heterocycles. The Morgan fingerprint density at radius 1 is 1.53 bits per heavy atom. The predicted molar refractivity (Wildman–Crippen MR) is 71.3 cm³/mol. The molecule has 1 rings (SSSR count). The summed E-state index contributed by atoms with van der Waals surface area (Å²) in [5.74, 6) is -0.691. The Morgan fingerprint density at radius 2 is 2.11 bits per heavy atom. The molecule has 0 aliphatic rings. The second-order valence-electron chi connectivity index (χ2n) is 4.74. The van der Waals surface area contributed by atoms with Crippen LogP contribution in [0, 0.1) is 10.1 Å². The van der Waals surface area contributed by atoms with Crippen LogP contribution in [0.2, 0.25) is 5.02 Å². The molecule has 1 aromatic rings. The maximum atomic E-state index is 12.1. The number of nitro benzene ring substituents is 1. The number of aliphatic hydroxyl groups is 1. The van der Waals surface area contributed by atoms with Gasteiger partial charge in [0.1, 0.15) is 5.56 Å². The zero-order chi connectivity index (χ0) is 14.8. The van der Waals surface area contributed by atoms with Crippen molar-refractivity contribution in [2.45, 2.75) is 32.4 Å². The van der Waals surface area contributed by atoms with Crippen molar-refractivity contribution in [2.24, 2.45) is 0 Å². The number of benzene rings is 1. The van der Waals surface area contributed by atoms with Gasteiger partial charge in [-0.2, -0.15) is 0 Å². The van der Waals surface area contributed by atoms with Crippen molar-refractivity contribution in [1.82, 2.24) is 5.32 Å². The summed E-state index contributed by atoms with van der Waals surface area (Å²) in [5.41, 5.74) is -1.50. The molecule has 0 aliphatic heterocycles. The minimum atomic E-state index is -0.926. The maximum Gasteiger partial charge on any atom is 0.283 e. The van der Waals surface area contributed by atoms with Crippen LogP contribution in [0.3, 0.4) is 0 Å². The molecular weight excluding hydrogens is 272 g/mol. The van der Waals surface area contributed by atoms with Gasteiger partial charge in [-0.15, -0.1) is 0 Å². The molecule has 0 bridgehead atoms. The molecule has 0 fully saturated rings. The van der Waals surface area contributed by atoms with E-state index in [0.29, 0.717) is 0 Å². The molecule has 1 aromatic carbocycles. The van der Waals surface area contributed by atoms with Crippen LogP contribution in [-0.2, 0) is 0 Å². The number of carbonyl (C=O) groups excluding carboxylic acids is 1. The van der Waals surface area contributed by atoms with E-state index in [1.165, 1.54) is 25.1 Å². The molecule has 6 nitrogen and oxygen atoms in total. The summed E-state index contributed by atoms with van der Waals surface area (Å²) < 4.78 is 0. The molecule has 104 valence electrons. The highest BCUT2D eigenvalue weighted by Gasteiger charge is 2.30. The number of halogens is 1. The van der Waals surface area contributed by atoms with Crippen LogP contribution in [0.5, 0.6) is 0 Å². The van der Waals surface area contributed by atoms with Crippen LogP contribution in [0.1, 0.15) is 31.1 Å². The Hall–Kier alpha value is -1.66. The van der Waals surface area contributed by atoms with E-state index in [0.717, 1.165) is 0 Å². The van der Waals surface area contributed by atoms with Crippen LogP contribution in [0.15, 0.2) is 18.2 Å². The Kier molecular flexibility index (Phi) is 4.49. The van der Waals surface area contributed by atoms with Crippen LogP contribution in [-0.4, -0.2) is 27.6 Å². The highest BCUT2D eigenvalue weighted by atomic mass is 35.5. The van der Waals surface area contributed by atoms with E-state index >= 15 is 0 Å². The number of carbonyl (C=O) groups is 1. The van der Waals surface area contributed by atoms with Gasteiger partial charge in [0.2, 0.25) is 0 Å². The lowest BCUT2D eigenvalue weighted by molar-refractivity contribution is -0.385. The molecule has 1 unspecified atom stereocenters. The van der Waals surface area contributed by atoms with E-state index in [1.54, 1.807) is 13.8 Å². The Balaban J connectivity index is 3.17. The number of aliphatic hydroxyl groups excluding tert-OH is 1. The van der Waals surface area contributed by atoms with Gasteiger partial charge in [0.25, 0.3) is 11.6 Å². The molecule has 0 aromatic heterocycles. The lowest BCUT2D eigenvalue weighted by atomic mass is 9.98. The summed E-state index contributed by atoms with van der Waals surface area (Å²) >= 11 is 5.85. The van der Waals surface area contributed by atoms with Gasteiger partial charge in [0.05, 0.1) is 21.6 Å². The zero-order valence-electron chi connectivity index (χ0n) is 10.8. The molecule has 0 radical (unpaired) electrons. The molecule has 0 saturated carbocycles. The van der Waals surface area contributed by atoms with Crippen molar-refractivity contribution in [3.63, 3.8) is 0 Å². The van der Waals surface area contributed by atoms with Gasteiger partial charge in [-0.3, -0.25) is 14.9 Å². The second-order valence-corrected chi connectivity index (χ2v) is 5.15. The summed E-state index contributed by atoms with van der Waals surface area (Å²) in [6, 6.07) is 4.01. The Labute approximate surface area is 115 Å². The first-order valence-electron chi connectivity index (χ1n) is 5.60. The smallest absolute Gasteiger partial charge is 0.283 e. The number of nitrogens with zero attached hydrogens (tertiary/aromatic N) is 1. The lowest BCUT2D eigenvalue weighted by Gasteiger charge is -2.29. The van der Waals surface area contributed by atoms with E-state index in [9.17, 15) is 20.0 Å². The SMILES string of the molecule is CC(O)C(C)(C)NC(=O)c1c(Cl)cccc1[N+](=O)[O-]. The fourth-order valence-electron chi connectivity index (χ4n) is 1.35. The summed E-state index contributed by atoms with van der Waals surface area (Å²) in [7, 11) is 0. The fourth-order valence-corrected chi connectivity index (χ4v) is 1.60. The molecule has 2 N–H and O–H groups in total. The largest absolute Gasteiger partial charge is 0.391 e. The molecule has 0 aliphatic carbocycles. The van der Waals surface area contributed by atoms with Crippen molar-refractivity contribution in [3.05, 3.63) is 38.9 Å². The predicted octanol–water partition coefficient (Wildman–Crippen LogP) is 2.14. The van der Waals surface area contributed by atoms with E-state index in [4.69, 9.17) is 11.6 Å². The first-order valence-corrected chi connectivity index (χ1v) is 5.98. The highest BCUT2D eigenvalue weighted by molar-refractivity contribution is 6.34. The highest BCUT2D eigenvalue weighted by Crippen LogP contribution is 2.26. The van der Waals surface area contributed by atoms with Crippen LogP contribution in [0.25, 0.3) is 0 Å². The summed E-state index contributed by atoms with van der Waals surface area (Å²) in [6.45, 7) is 4.73. The van der Waals surface area contributed by atoms with Crippen molar-refractivity contribution < 1.29 is 14.8 Å². The maximum absolute atomic E-state index is 12.1. The van der Waals surface area contributed by atoms with Crippen molar-refractivity contribution in [1.29, 1.82) is 0 Å². The number of amides is 1. The number of nitro groups is 1. The minimum Gasteiger partial charge on any atom is -0.391 e. The molecule has 0 spiro atoms. The zero-order valence-corrected chi connectivity index (χ0v) is 11.6. The third kappa shape index (κ3) is 3.42. The van der Waals surface area contributed by atoms with Crippen molar-refractivity contribution >= 4 is 23.2 Å². The van der Waals surface area contributed by atoms with E-state index in [1.807, 2.05) is 0 Å². The van der Waals surface area contributed by atoms with Gasteiger partial charge in [-0.05, 0) is 26.8 Å². The Morgan fingerprint density at radius 3 is 2.58 bits per heavy atom. The standard InChI is InChI=1S/C12H15ClN2O4/c1-7(16)12(2,3)14-11(17)10-8(13)5-4-6-9(10)15(18)19/h4-7,16H,1-3H3,(H,14,17). The van der Waals surface area contributed by atoms with Crippen molar-refractivity contribution in [3.8, 4) is 0 Å². The van der Waals surface area contributed by atoms with Gasteiger partial charge in [0.15, 0.2) is 0 Å². The summed E-state index contributed by atoms with van der Waals surface area (Å²) in [4.78, 5) is 22.3. The van der Waals surface area contributed by atoms with Gasteiger partial charge in [0, 0.05) is 6.07 Å². The fraction of sp³-hybridized carbons (Fsp3) is 0.417. The summed E-state index contributed by atoms with van der Waals surface area (Å²) in [5, 5.41) is 23.0. The number of hydrogen-bond donors (Lipinski definition) is 2. The van der Waals surface area contributed by atoms with E-state index < -0.39 is 22.5 Å². The lowest BCUT2D eigenvalue weighted by Crippen LogP contribution is -2.51. The average molecular weight is 287 g/mol. The van der Waals surface area contributed by atoms with E-state index in [-0.39, 0.29) is 16.3 Å². The Bertz CT molecular complexity index is 514. The molecule has 1 atom stereocenters. The van der Waals surface area contributed by atoms with Crippen LogP contribution >= 0.6 is 11.6 Å². The third-order valence-electron chi connectivity index (χ3n) is 2.90.